The van der Waals surface area contributed by atoms with Crippen molar-refractivity contribution in [3.8, 4) is 17.2 Å². The molecule has 2 heterocycles. The third-order valence-electron chi connectivity index (χ3n) is 8.52. The van der Waals surface area contributed by atoms with Crippen molar-refractivity contribution in [1.29, 1.82) is 0 Å². The van der Waals surface area contributed by atoms with Crippen molar-refractivity contribution in [3.05, 3.63) is 101 Å². The first kappa shape index (κ1) is 26.6. The largest absolute Gasteiger partial charge is 0.497 e. The van der Waals surface area contributed by atoms with Gasteiger partial charge in [0.05, 0.1) is 18.2 Å². The second kappa shape index (κ2) is 9.77. The van der Waals surface area contributed by atoms with E-state index in [2.05, 4.69) is 37.9 Å². The van der Waals surface area contributed by atoms with Gasteiger partial charge in [-0.3, -0.25) is 4.79 Å². The number of ether oxygens (including phenoxy) is 1. The summed E-state index contributed by atoms with van der Waals surface area (Å²) < 4.78 is 11.4. The molecule has 208 valence electrons. The molecular formula is C34H32N2O5. The zero-order valence-electron chi connectivity index (χ0n) is 23.6. The Morgan fingerprint density at radius 1 is 1.00 bits per heavy atom. The first-order chi connectivity index (χ1) is 19.6. The highest BCUT2D eigenvalue weighted by molar-refractivity contribution is 6.00. The number of amides is 1. The molecule has 0 radical (unpaired) electrons. The summed E-state index contributed by atoms with van der Waals surface area (Å²) in [4.78, 5) is 31.9. The van der Waals surface area contributed by atoms with E-state index in [1.807, 2.05) is 53.4 Å². The molecule has 0 saturated carbocycles. The quantitative estimate of drug-likeness (QED) is 0.267. The Morgan fingerprint density at radius 3 is 2.49 bits per heavy atom. The molecular weight excluding hydrogens is 516 g/mol. The lowest BCUT2D eigenvalue weighted by atomic mass is 9.58. The van der Waals surface area contributed by atoms with Gasteiger partial charge >= 0.3 is 5.97 Å². The van der Waals surface area contributed by atoms with Gasteiger partial charge in [-0.2, -0.15) is 0 Å². The molecule has 1 amide bonds. The maximum Gasteiger partial charge on any atom is 0.335 e. The highest BCUT2D eigenvalue weighted by atomic mass is 16.5. The second-order valence-corrected chi connectivity index (χ2v) is 11.6. The van der Waals surface area contributed by atoms with Crippen LogP contribution in [0.1, 0.15) is 53.5 Å². The van der Waals surface area contributed by atoms with Crippen LogP contribution in [-0.2, 0) is 0 Å². The molecule has 0 spiro atoms. The van der Waals surface area contributed by atoms with E-state index in [0.717, 1.165) is 12.0 Å². The molecule has 1 atom stereocenters. The Morgan fingerprint density at radius 2 is 1.76 bits per heavy atom. The van der Waals surface area contributed by atoms with Crippen LogP contribution in [-0.4, -0.2) is 47.1 Å². The van der Waals surface area contributed by atoms with Crippen LogP contribution in [0, 0.1) is 10.8 Å². The summed E-state index contributed by atoms with van der Waals surface area (Å²) in [5.74, 6) is 0.0861. The number of carbonyl (C=O) groups is 2. The molecule has 41 heavy (non-hydrogen) atoms. The topological polar surface area (TPSA) is 92.9 Å². The standard InChI is InChI=1S/C34H32N2O5/c1-33(2)26(21-9-11-22(12-10-21)32(38)39)15-17-34(3)20-36(18-16-29(33)34)31(37)25-8-6-5-7-24(25)30-35-27-14-13-23(40-4)19-28(27)41-30/h5-16,19H,17-18,20H2,1-4H3,(H,38,39)/t34-/m1/s1. The van der Waals surface area contributed by atoms with Crippen LogP contribution in [0.4, 0.5) is 0 Å². The number of rotatable bonds is 5. The maximum absolute atomic E-state index is 14.0. The van der Waals surface area contributed by atoms with Crippen LogP contribution in [0.5, 0.6) is 5.75 Å². The number of oxazole rings is 1. The zero-order valence-corrected chi connectivity index (χ0v) is 23.6. The van der Waals surface area contributed by atoms with Crippen molar-refractivity contribution < 1.29 is 23.8 Å². The third-order valence-corrected chi connectivity index (χ3v) is 8.52. The van der Waals surface area contributed by atoms with E-state index in [9.17, 15) is 14.7 Å². The average Bonchev–Trinajstić information content (AvgIpc) is 3.39. The maximum atomic E-state index is 14.0. The zero-order chi connectivity index (χ0) is 28.9. The number of hydrogen-bond donors (Lipinski definition) is 1. The number of carboxylic acid groups (broad SMARTS) is 1. The Labute approximate surface area is 238 Å². The van der Waals surface area contributed by atoms with E-state index in [-0.39, 0.29) is 22.3 Å². The summed E-state index contributed by atoms with van der Waals surface area (Å²) in [7, 11) is 1.61. The Kier molecular flexibility index (Phi) is 6.33. The Hall–Kier alpha value is -4.65. The van der Waals surface area contributed by atoms with Gasteiger partial charge in [0.2, 0.25) is 5.89 Å². The summed E-state index contributed by atoms with van der Waals surface area (Å²) >= 11 is 0. The summed E-state index contributed by atoms with van der Waals surface area (Å²) in [6, 6.07) is 20.0. The van der Waals surface area contributed by atoms with Crippen LogP contribution < -0.4 is 4.74 Å². The van der Waals surface area contributed by atoms with E-state index in [1.165, 1.54) is 11.1 Å². The molecule has 0 saturated heterocycles. The Balaban J connectivity index is 1.29. The molecule has 7 heteroatoms. The minimum Gasteiger partial charge on any atom is -0.497 e. The van der Waals surface area contributed by atoms with Crippen LogP contribution >= 0.6 is 0 Å². The van der Waals surface area contributed by atoms with Gasteiger partial charge in [0, 0.05) is 35.5 Å². The lowest BCUT2D eigenvalue weighted by Gasteiger charge is -2.50. The van der Waals surface area contributed by atoms with Crippen molar-refractivity contribution in [2.24, 2.45) is 10.8 Å². The van der Waals surface area contributed by atoms with Crippen LogP contribution in [0.2, 0.25) is 0 Å². The van der Waals surface area contributed by atoms with Crippen LogP contribution in [0.25, 0.3) is 28.1 Å². The SMILES string of the molecule is COc1ccc2nc(-c3ccccc3C(=O)N3CC=C4C(C)(C)C(c5ccc(C(=O)O)cc5)=CC[C@]4(C)C3)oc2c1. The predicted molar refractivity (Wildman–Crippen MR) is 158 cm³/mol. The van der Waals surface area contributed by atoms with E-state index in [4.69, 9.17) is 9.15 Å². The fraction of sp³-hybridized carbons (Fsp3) is 0.265. The number of fused-ring (bicyclic) bond motifs is 2. The van der Waals surface area contributed by atoms with Crippen molar-refractivity contribution in [1.82, 2.24) is 9.88 Å². The van der Waals surface area contributed by atoms with Crippen molar-refractivity contribution in [2.75, 3.05) is 20.2 Å². The molecule has 1 aromatic heterocycles. The van der Waals surface area contributed by atoms with Gasteiger partial charge in [0.1, 0.15) is 11.3 Å². The molecule has 2 aliphatic rings. The molecule has 1 N–H and O–H groups in total. The number of aromatic carboxylic acids is 1. The highest BCUT2D eigenvalue weighted by Crippen LogP contribution is 2.55. The minimum absolute atomic E-state index is 0.0613. The van der Waals surface area contributed by atoms with Gasteiger partial charge in [-0.05, 0) is 54.0 Å². The molecule has 1 aliphatic carbocycles. The van der Waals surface area contributed by atoms with Crippen LogP contribution in [0.15, 0.2) is 88.9 Å². The molecule has 6 rings (SSSR count). The summed E-state index contributed by atoms with van der Waals surface area (Å²) in [5, 5.41) is 9.29. The molecule has 1 aliphatic heterocycles. The molecule has 7 nitrogen and oxygen atoms in total. The fourth-order valence-corrected chi connectivity index (χ4v) is 6.53. The first-order valence-corrected chi connectivity index (χ1v) is 13.7. The van der Waals surface area contributed by atoms with Gasteiger partial charge in [-0.15, -0.1) is 0 Å². The molecule has 0 unspecified atom stereocenters. The summed E-state index contributed by atoms with van der Waals surface area (Å²) in [6.45, 7) is 7.73. The first-order valence-electron chi connectivity index (χ1n) is 13.7. The lowest BCUT2D eigenvalue weighted by Crippen LogP contribution is -2.48. The van der Waals surface area contributed by atoms with E-state index < -0.39 is 5.97 Å². The highest BCUT2D eigenvalue weighted by Gasteiger charge is 2.46. The summed E-state index contributed by atoms with van der Waals surface area (Å²) in [5.41, 5.74) is 5.78. The molecule has 0 bridgehead atoms. The van der Waals surface area contributed by atoms with Gasteiger partial charge < -0.3 is 19.2 Å². The third kappa shape index (κ3) is 4.51. The number of allylic oxidation sites excluding steroid dienone is 2. The number of carboxylic acids is 1. The number of aromatic nitrogens is 1. The number of hydrogen-bond acceptors (Lipinski definition) is 5. The fourth-order valence-electron chi connectivity index (χ4n) is 6.53. The van der Waals surface area contributed by atoms with E-state index in [1.54, 1.807) is 25.3 Å². The molecule has 0 fully saturated rings. The van der Waals surface area contributed by atoms with Crippen molar-refractivity contribution in [2.45, 2.75) is 27.2 Å². The van der Waals surface area contributed by atoms with Crippen molar-refractivity contribution in [3.63, 3.8) is 0 Å². The smallest absolute Gasteiger partial charge is 0.335 e. The second-order valence-electron chi connectivity index (χ2n) is 11.6. The van der Waals surface area contributed by atoms with Crippen molar-refractivity contribution >= 4 is 28.5 Å². The van der Waals surface area contributed by atoms with Gasteiger partial charge in [0.15, 0.2) is 5.58 Å². The lowest BCUT2D eigenvalue weighted by molar-refractivity contribution is 0.0679. The number of carbonyl (C=O) groups excluding carboxylic acids is 1. The van der Waals surface area contributed by atoms with Gasteiger partial charge in [-0.25, -0.2) is 9.78 Å². The number of benzene rings is 3. The normalized spacial score (nSPS) is 19.8. The average molecular weight is 549 g/mol. The Bertz CT molecular complexity index is 1740. The molecule has 4 aromatic rings. The van der Waals surface area contributed by atoms with Gasteiger partial charge in [-0.1, -0.05) is 62.8 Å². The number of nitrogens with zero attached hydrogens (tertiary/aromatic N) is 2. The summed E-state index contributed by atoms with van der Waals surface area (Å²) in [6.07, 6.45) is 5.23. The van der Waals surface area contributed by atoms with Gasteiger partial charge in [0.25, 0.3) is 5.91 Å². The van der Waals surface area contributed by atoms with E-state index >= 15 is 0 Å². The number of methoxy groups -OCH3 is 1. The van der Waals surface area contributed by atoms with E-state index in [0.29, 0.717) is 47.0 Å². The monoisotopic (exact) mass is 548 g/mol. The van der Waals surface area contributed by atoms with Crippen LogP contribution in [0.3, 0.4) is 0 Å². The molecule has 3 aromatic carbocycles. The predicted octanol–water partition coefficient (Wildman–Crippen LogP) is 7.10. The minimum atomic E-state index is -0.932.